The van der Waals surface area contributed by atoms with E-state index in [0.717, 1.165) is 9.75 Å². The molecule has 2 N–H and O–H groups in total. The third-order valence-electron chi connectivity index (χ3n) is 2.82. The number of aromatic nitrogens is 1. The third kappa shape index (κ3) is 3.17. The molecule has 0 bridgehead atoms. The molecule has 2 heterocycles. The number of hydrogen-bond acceptors (Lipinski definition) is 5. The number of thiophene rings is 1. The van der Waals surface area contributed by atoms with E-state index in [1.807, 2.05) is 26.0 Å². The van der Waals surface area contributed by atoms with Gasteiger partial charge in [0.15, 0.2) is 0 Å². The first kappa shape index (κ1) is 15.0. The minimum absolute atomic E-state index is 0.155. The monoisotopic (exact) mass is 311 g/mol. The fraction of sp³-hybridized carbons (Fsp3) is 0.308. The zero-order valence-electron chi connectivity index (χ0n) is 11.5. The van der Waals surface area contributed by atoms with Crippen LogP contribution in [0, 0.1) is 6.92 Å². The number of nitrogens with zero attached hydrogens (tertiary/aromatic N) is 1. The highest BCUT2D eigenvalue weighted by molar-refractivity contribution is 7.89. The van der Waals surface area contributed by atoms with E-state index in [9.17, 15) is 8.42 Å². The summed E-state index contributed by atoms with van der Waals surface area (Å²) in [5.41, 5.74) is 0. The molecule has 0 aromatic carbocycles. The number of nitrogens with one attached hydrogen (secondary N) is 2. The van der Waals surface area contributed by atoms with Crippen molar-refractivity contribution >= 4 is 27.2 Å². The normalized spacial score (nSPS) is 13.2. The van der Waals surface area contributed by atoms with Crippen molar-refractivity contribution in [3.05, 3.63) is 40.2 Å². The number of hydrogen-bond donors (Lipinski definition) is 2. The Morgan fingerprint density at radius 3 is 2.65 bits per heavy atom. The Morgan fingerprint density at radius 2 is 2.05 bits per heavy atom. The highest BCUT2D eigenvalue weighted by atomic mass is 32.2. The number of anilines is 1. The van der Waals surface area contributed by atoms with Crippen molar-refractivity contribution in [1.29, 1.82) is 0 Å². The average Bonchev–Trinajstić information content (AvgIpc) is 2.85. The van der Waals surface area contributed by atoms with Crippen molar-refractivity contribution < 1.29 is 8.42 Å². The molecule has 0 aliphatic rings. The van der Waals surface area contributed by atoms with Crippen LogP contribution in [0.25, 0.3) is 0 Å². The van der Waals surface area contributed by atoms with Gasteiger partial charge in [-0.2, -0.15) is 0 Å². The van der Waals surface area contributed by atoms with Gasteiger partial charge in [-0.25, -0.2) is 18.1 Å². The fourth-order valence-corrected chi connectivity index (χ4v) is 4.18. The smallest absolute Gasteiger partial charge is 0.244 e. The Morgan fingerprint density at radius 1 is 1.30 bits per heavy atom. The molecule has 0 amide bonds. The van der Waals surface area contributed by atoms with Crippen molar-refractivity contribution in [2.45, 2.75) is 24.8 Å². The summed E-state index contributed by atoms with van der Waals surface area (Å²) in [5.74, 6) is 0.342. The van der Waals surface area contributed by atoms with Gasteiger partial charge in [-0.1, -0.05) is 0 Å². The van der Waals surface area contributed by atoms with Gasteiger partial charge in [0.05, 0.1) is 6.04 Å². The molecule has 2 aromatic rings. The lowest BCUT2D eigenvalue weighted by atomic mass is 10.3. The van der Waals surface area contributed by atoms with E-state index in [1.54, 1.807) is 30.6 Å². The molecule has 0 aliphatic heterocycles. The van der Waals surface area contributed by atoms with Crippen LogP contribution in [0.1, 0.15) is 22.7 Å². The maximum atomic E-state index is 12.4. The van der Waals surface area contributed by atoms with Crippen LogP contribution in [0.2, 0.25) is 0 Å². The summed E-state index contributed by atoms with van der Waals surface area (Å²) in [4.78, 5) is 6.32. The first-order chi connectivity index (χ1) is 9.44. The first-order valence-electron chi connectivity index (χ1n) is 6.15. The molecule has 2 rings (SSSR count). The van der Waals surface area contributed by atoms with Crippen LogP contribution in [0.15, 0.2) is 35.4 Å². The van der Waals surface area contributed by atoms with Crippen molar-refractivity contribution in [2.24, 2.45) is 0 Å². The largest absolute Gasteiger partial charge is 0.372 e. The van der Waals surface area contributed by atoms with Crippen LogP contribution in [0.4, 0.5) is 5.82 Å². The summed E-state index contributed by atoms with van der Waals surface area (Å²) in [5, 5.41) is 2.79. The summed E-state index contributed by atoms with van der Waals surface area (Å²) in [6, 6.07) is 6.79. The second kappa shape index (κ2) is 5.90. The average molecular weight is 311 g/mol. The van der Waals surface area contributed by atoms with Crippen molar-refractivity contribution in [1.82, 2.24) is 9.71 Å². The topological polar surface area (TPSA) is 71.1 Å². The van der Waals surface area contributed by atoms with Crippen LogP contribution in [-0.2, 0) is 10.0 Å². The standard InChI is InChI=1S/C13H17N3O2S2/c1-9-6-7-11(19-9)10(2)16-20(17,18)12-5-4-8-15-13(12)14-3/h4-8,10,16H,1-3H3,(H,14,15). The predicted octanol–water partition coefficient (Wildman–Crippen LogP) is 2.53. The van der Waals surface area contributed by atoms with Gasteiger partial charge >= 0.3 is 0 Å². The molecule has 1 unspecified atom stereocenters. The molecule has 1 atom stereocenters. The van der Waals surface area contributed by atoms with Crippen molar-refractivity contribution in [3.8, 4) is 0 Å². The quantitative estimate of drug-likeness (QED) is 0.890. The zero-order chi connectivity index (χ0) is 14.8. The first-order valence-corrected chi connectivity index (χ1v) is 8.45. The molecule has 0 aliphatic carbocycles. The number of pyridine rings is 1. The highest BCUT2D eigenvalue weighted by Gasteiger charge is 2.22. The van der Waals surface area contributed by atoms with Gasteiger partial charge in [-0.05, 0) is 38.1 Å². The maximum absolute atomic E-state index is 12.4. The minimum Gasteiger partial charge on any atom is -0.372 e. The number of aryl methyl sites for hydroxylation is 1. The lowest BCUT2D eigenvalue weighted by Gasteiger charge is -2.14. The molecule has 108 valence electrons. The van der Waals surface area contributed by atoms with Gasteiger partial charge in [-0.3, -0.25) is 0 Å². The molecule has 0 spiro atoms. The molecule has 0 saturated carbocycles. The molecular formula is C13H17N3O2S2. The van der Waals surface area contributed by atoms with Crippen molar-refractivity contribution in [2.75, 3.05) is 12.4 Å². The molecular weight excluding hydrogens is 294 g/mol. The Hall–Kier alpha value is -1.44. The van der Waals surface area contributed by atoms with E-state index in [-0.39, 0.29) is 10.9 Å². The van der Waals surface area contributed by atoms with Gasteiger partial charge in [-0.15, -0.1) is 11.3 Å². The Labute approximate surface area is 123 Å². The van der Waals surface area contributed by atoms with Crippen LogP contribution in [0.3, 0.4) is 0 Å². The Balaban J connectivity index is 2.27. The minimum atomic E-state index is -3.61. The van der Waals surface area contributed by atoms with E-state index in [2.05, 4.69) is 15.0 Å². The summed E-state index contributed by atoms with van der Waals surface area (Å²) < 4.78 is 27.5. The Bertz CT molecular complexity index is 695. The molecule has 0 radical (unpaired) electrons. The van der Waals surface area contributed by atoms with Crippen LogP contribution in [0.5, 0.6) is 0 Å². The third-order valence-corrected chi connectivity index (χ3v) is 5.57. The second-order valence-electron chi connectivity index (χ2n) is 4.39. The van der Waals surface area contributed by atoms with Gasteiger partial charge in [0.1, 0.15) is 10.7 Å². The Kier molecular flexibility index (Phi) is 4.42. The molecule has 0 fully saturated rings. The summed E-state index contributed by atoms with van der Waals surface area (Å²) in [6.07, 6.45) is 1.55. The molecule has 5 nitrogen and oxygen atoms in total. The van der Waals surface area contributed by atoms with Crippen LogP contribution in [-0.4, -0.2) is 20.4 Å². The zero-order valence-corrected chi connectivity index (χ0v) is 13.2. The second-order valence-corrected chi connectivity index (χ2v) is 7.39. The lowest BCUT2D eigenvalue weighted by molar-refractivity contribution is 0.568. The summed E-state index contributed by atoms with van der Waals surface area (Å²) >= 11 is 1.58. The van der Waals surface area contributed by atoms with Crippen molar-refractivity contribution in [3.63, 3.8) is 0 Å². The SMILES string of the molecule is CNc1ncccc1S(=O)(=O)NC(C)c1ccc(C)s1. The lowest BCUT2D eigenvalue weighted by Crippen LogP contribution is -2.27. The summed E-state index contributed by atoms with van der Waals surface area (Å²) in [6.45, 7) is 3.83. The van der Waals surface area contributed by atoms with E-state index >= 15 is 0 Å². The number of rotatable bonds is 5. The van der Waals surface area contributed by atoms with Crippen LogP contribution >= 0.6 is 11.3 Å². The molecule has 0 saturated heterocycles. The summed E-state index contributed by atoms with van der Waals surface area (Å²) in [7, 11) is -1.96. The van der Waals surface area contributed by atoms with E-state index in [1.165, 1.54) is 6.07 Å². The predicted molar refractivity (Wildman–Crippen MR) is 81.6 cm³/mol. The molecule has 20 heavy (non-hydrogen) atoms. The van der Waals surface area contributed by atoms with Gasteiger partial charge in [0.2, 0.25) is 10.0 Å². The van der Waals surface area contributed by atoms with Crippen LogP contribution < -0.4 is 10.0 Å². The molecule has 7 heteroatoms. The number of sulfonamides is 1. The van der Waals surface area contributed by atoms with E-state index in [4.69, 9.17) is 0 Å². The fourth-order valence-electron chi connectivity index (χ4n) is 1.84. The maximum Gasteiger partial charge on any atom is 0.244 e. The highest BCUT2D eigenvalue weighted by Crippen LogP contribution is 2.25. The van der Waals surface area contributed by atoms with Gasteiger partial charge < -0.3 is 5.32 Å². The van der Waals surface area contributed by atoms with Gasteiger partial charge in [0, 0.05) is 23.0 Å². The van der Waals surface area contributed by atoms with E-state index in [0.29, 0.717) is 5.82 Å². The van der Waals surface area contributed by atoms with E-state index < -0.39 is 10.0 Å². The molecule has 2 aromatic heterocycles. The van der Waals surface area contributed by atoms with Gasteiger partial charge in [0.25, 0.3) is 0 Å².